The second-order valence-electron chi connectivity index (χ2n) is 3.74. The molecule has 1 aromatic carbocycles. The molecule has 0 bridgehead atoms. The Hall–Kier alpha value is -0.790. The van der Waals surface area contributed by atoms with E-state index in [-0.39, 0.29) is 0 Å². The molecule has 0 radical (unpaired) electrons. The summed E-state index contributed by atoms with van der Waals surface area (Å²) in [4.78, 5) is 0. The van der Waals surface area contributed by atoms with Gasteiger partial charge in [0.15, 0.2) is 0 Å². The van der Waals surface area contributed by atoms with Crippen LogP contribution in [-0.4, -0.2) is 6.54 Å². The predicted molar refractivity (Wildman–Crippen MR) is 61.4 cm³/mol. The van der Waals surface area contributed by atoms with Gasteiger partial charge in [-0.1, -0.05) is 29.8 Å². The molecule has 0 amide bonds. The van der Waals surface area contributed by atoms with Gasteiger partial charge in [-0.25, -0.2) is 0 Å². The molecule has 1 nitrogen and oxygen atoms in total. The van der Waals surface area contributed by atoms with Crippen LogP contribution in [0.2, 0.25) is 5.02 Å². The first-order valence-corrected chi connectivity index (χ1v) is 5.34. The monoisotopic (exact) mass is 207 g/mol. The van der Waals surface area contributed by atoms with Gasteiger partial charge in [-0.05, 0) is 48.6 Å². The van der Waals surface area contributed by atoms with E-state index < -0.39 is 0 Å². The fourth-order valence-electron chi connectivity index (χ4n) is 1.82. The normalized spacial score (nSPS) is 20.3. The molecule has 0 fully saturated rings. The SMILES string of the molecule is NCC1C=Cc2cc(Cl)ccc2CC1. The number of rotatable bonds is 1. The van der Waals surface area contributed by atoms with Gasteiger partial charge < -0.3 is 5.73 Å². The fraction of sp³-hybridized carbons (Fsp3) is 0.333. The average molecular weight is 208 g/mol. The molecule has 0 saturated carbocycles. The van der Waals surface area contributed by atoms with Gasteiger partial charge in [0.25, 0.3) is 0 Å². The average Bonchev–Trinajstić information content (AvgIpc) is 2.39. The minimum atomic E-state index is 0.515. The number of benzene rings is 1. The van der Waals surface area contributed by atoms with Crippen LogP contribution in [0.1, 0.15) is 17.5 Å². The van der Waals surface area contributed by atoms with Gasteiger partial charge in [0.2, 0.25) is 0 Å². The molecule has 0 aromatic heterocycles. The van der Waals surface area contributed by atoms with Gasteiger partial charge in [-0.15, -0.1) is 0 Å². The third kappa shape index (κ3) is 1.99. The van der Waals surface area contributed by atoms with Crippen molar-refractivity contribution < 1.29 is 0 Å². The van der Waals surface area contributed by atoms with E-state index in [0.717, 1.165) is 24.4 Å². The van der Waals surface area contributed by atoms with E-state index in [4.69, 9.17) is 17.3 Å². The Morgan fingerprint density at radius 3 is 3.07 bits per heavy atom. The van der Waals surface area contributed by atoms with Crippen LogP contribution in [0.3, 0.4) is 0 Å². The summed E-state index contributed by atoms with van der Waals surface area (Å²) in [6.07, 6.45) is 6.58. The predicted octanol–water partition coefficient (Wildman–Crippen LogP) is 2.87. The molecule has 0 spiro atoms. The van der Waals surface area contributed by atoms with E-state index in [1.165, 1.54) is 11.1 Å². The summed E-state index contributed by atoms with van der Waals surface area (Å²) in [5.41, 5.74) is 8.28. The molecule has 2 rings (SSSR count). The summed E-state index contributed by atoms with van der Waals surface area (Å²) >= 11 is 5.94. The smallest absolute Gasteiger partial charge is 0.0412 e. The van der Waals surface area contributed by atoms with E-state index in [1.54, 1.807) is 0 Å². The third-order valence-corrected chi connectivity index (χ3v) is 2.98. The number of hydrogen-bond donors (Lipinski definition) is 1. The molecule has 1 aliphatic rings. The van der Waals surface area contributed by atoms with Crippen molar-refractivity contribution in [3.63, 3.8) is 0 Å². The summed E-state index contributed by atoms with van der Waals surface area (Å²) in [5, 5.41) is 0.805. The van der Waals surface area contributed by atoms with Gasteiger partial charge in [0, 0.05) is 5.02 Å². The maximum Gasteiger partial charge on any atom is 0.0412 e. The molecule has 1 aromatic rings. The molecule has 2 heteroatoms. The first kappa shape index (κ1) is 9.75. The Morgan fingerprint density at radius 1 is 1.43 bits per heavy atom. The molecule has 1 atom stereocenters. The van der Waals surface area contributed by atoms with Crippen molar-refractivity contribution in [1.29, 1.82) is 0 Å². The van der Waals surface area contributed by atoms with Gasteiger partial charge in [-0.3, -0.25) is 0 Å². The van der Waals surface area contributed by atoms with Crippen LogP contribution < -0.4 is 5.73 Å². The molecular formula is C12H14ClN. The largest absolute Gasteiger partial charge is 0.330 e. The molecule has 2 N–H and O–H groups in total. The van der Waals surface area contributed by atoms with Crippen molar-refractivity contribution in [2.45, 2.75) is 12.8 Å². The van der Waals surface area contributed by atoms with Crippen LogP contribution in [0.15, 0.2) is 24.3 Å². The second-order valence-corrected chi connectivity index (χ2v) is 4.17. The number of nitrogens with two attached hydrogens (primary N) is 1. The fourth-order valence-corrected chi connectivity index (χ4v) is 2.00. The minimum Gasteiger partial charge on any atom is -0.330 e. The number of fused-ring (bicyclic) bond motifs is 1. The lowest BCUT2D eigenvalue weighted by molar-refractivity contribution is 0.607. The van der Waals surface area contributed by atoms with E-state index >= 15 is 0 Å². The summed E-state index contributed by atoms with van der Waals surface area (Å²) in [6.45, 7) is 0.734. The molecule has 1 unspecified atom stereocenters. The molecule has 1 aliphatic carbocycles. The Kier molecular flexibility index (Phi) is 2.90. The highest BCUT2D eigenvalue weighted by Gasteiger charge is 2.09. The lowest BCUT2D eigenvalue weighted by Crippen LogP contribution is -2.11. The lowest BCUT2D eigenvalue weighted by Gasteiger charge is -2.06. The quantitative estimate of drug-likeness (QED) is 0.753. The number of hydrogen-bond acceptors (Lipinski definition) is 1. The van der Waals surface area contributed by atoms with Gasteiger partial charge >= 0.3 is 0 Å². The van der Waals surface area contributed by atoms with Crippen LogP contribution >= 0.6 is 11.6 Å². The van der Waals surface area contributed by atoms with Crippen molar-refractivity contribution in [2.75, 3.05) is 6.54 Å². The summed E-state index contributed by atoms with van der Waals surface area (Å²) < 4.78 is 0. The van der Waals surface area contributed by atoms with E-state index in [0.29, 0.717) is 5.92 Å². The molecule has 0 heterocycles. The lowest BCUT2D eigenvalue weighted by atomic mass is 10.0. The zero-order valence-corrected chi connectivity index (χ0v) is 8.80. The highest BCUT2D eigenvalue weighted by molar-refractivity contribution is 6.30. The van der Waals surface area contributed by atoms with Gasteiger partial charge in [0.05, 0.1) is 0 Å². The molecule has 74 valence electrons. The first-order valence-electron chi connectivity index (χ1n) is 4.96. The van der Waals surface area contributed by atoms with Crippen molar-refractivity contribution in [2.24, 2.45) is 11.7 Å². The topological polar surface area (TPSA) is 26.0 Å². The zero-order valence-electron chi connectivity index (χ0n) is 8.04. The van der Waals surface area contributed by atoms with E-state index in [9.17, 15) is 0 Å². The van der Waals surface area contributed by atoms with Gasteiger partial charge in [0.1, 0.15) is 0 Å². The Labute approximate surface area is 89.6 Å². The number of aryl methyl sites for hydroxylation is 1. The first-order chi connectivity index (χ1) is 6.79. The van der Waals surface area contributed by atoms with Crippen molar-refractivity contribution in [3.05, 3.63) is 40.4 Å². The summed E-state index contributed by atoms with van der Waals surface area (Å²) in [7, 11) is 0. The maximum atomic E-state index is 5.94. The van der Waals surface area contributed by atoms with E-state index in [1.807, 2.05) is 12.1 Å². The Balaban J connectivity index is 2.32. The molecule has 0 saturated heterocycles. The van der Waals surface area contributed by atoms with Crippen molar-refractivity contribution >= 4 is 17.7 Å². The highest BCUT2D eigenvalue weighted by Crippen LogP contribution is 2.24. The van der Waals surface area contributed by atoms with E-state index in [2.05, 4.69) is 18.2 Å². The number of halogens is 1. The third-order valence-electron chi connectivity index (χ3n) is 2.74. The molecule has 14 heavy (non-hydrogen) atoms. The van der Waals surface area contributed by atoms with Crippen LogP contribution in [0.25, 0.3) is 6.08 Å². The Morgan fingerprint density at radius 2 is 2.29 bits per heavy atom. The molecular weight excluding hydrogens is 194 g/mol. The summed E-state index contributed by atoms with van der Waals surface area (Å²) in [5.74, 6) is 0.515. The summed E-state index contributed by atoms with van der Waals surface area (Å²) in [6, 6.07) is 6.09. The van der Waals surface area contributed by atoms with Crippen LogP contribution in [-0.2, 0) is 6.42 Å². The van der Waals surface area contributed by atoms with Crippen molar-refractivity contribution in [1.82, 2.24) is 0 Å². The second kappa shape index (κ2) is 4.16. The molecule has 0 aliphatic heterocycles. The van der Waals surface area contributed by atoms with Crippen LogP contribution in [0, 0.1) is 5.92 Å². The minimum absolute atomic E-state index is 0.515. The highest BCUT2D eigenvalue weighted by atomic mass is 35.5. The Bertz CT molecular complexity index is 357. The zero-order chi connectivity index (χ0) is 9.97. The van der Waals surface area contributed by atoms with Crippen LogP contribution in [0.4, 0.5) is 0 Å². The van der Waals surface area contributed by atoms with Crippen LogP contribution in [0.5, 0.6) is 0 Å². The standard InChI is InChI=1S/C12H14ClN/c13-12-6-5-10-3-1-9(8-14)2-4-11(10)7-12/h2,4-7,9H,1,3,8,14H2. The van der Waals surface area contributed by atoms with Gasteiger partial charge in [-0.2, -0.15) is 0 Å². The van der Waals surface area contributed by atoms with Crippen molar-refractivity contribution in [3.8, 4) is 0 Å². The maximum absolute atomic E-state index is 5.94.